The van der Waals surface area contributed by atoms with Crippen LogP contribution in [0.5, 0.6) is 0 Å². The van der Waals surface area contributed by atoms with Crippen LogP contribution >= 0.6 is 0 Å². The number of aryl methyl sites for hydroxylation is 1. The van der Waals surface area contributed by atoms with Crippen molar-refractivity contribution in [1.29, 1.82) is 0 Å². The van der Waals surface area contributed by atoms with Crippen LogP contribution in [0, 0.1) is 0 Å². The van der Waals surface area contributed by atoms with E-state index in [1.54, 1.807) is 6.20 Å². The third kappa shape index (κ3) is 8.65. The van der Waals surface area contributed by atoms with E-state index in [1.807, 2.05) is 33.0 Å². The Morgan fingerprint density at radius 1 is 1.32 bits per heavy atom. The molecule has 0 aliphatic carbocycles. The zero-order valence-corrected chi connectivity index (χ0v) is 14.4. The SMILES string of the molecule is CCCC[C@H](CCCc1cccnc1)NC(=O)OC(C)(C)C. The van der Waals surface area contributed by atoms with Crippen molar-refractivity contribution < 1.29 is 9.53 Å². The lowest BCUT2D eigenvalue weighted by atomic mass is 10.0. The topological polar surface area (TPSA) is 51.2 Å². The number of unbranched alkanes of at least 4 members (excludes halogenated alkanes) is 1. The third-order valence-electron chi connectivity index (χ3n) is 3.37. The average Bonchev–Trinajstić information content (AvgIpc) is 2.43. The van der Waals surface area contributed by atoms with Crippen LogP contribution in [0.15, 0.2) is 24.5 Å². The number of nitrogens with one attached hydrogen (secondary N) is 1. The van der Waals surface area contributed by atoms with E-state index in [-0.39, 0.29) is 12.1 Å². The van der Waals surface area contributed by atoms with E-state index in [4.69, 9.17) is 4.74 Å². The molecular weight excluding hydrogens is 276 g/mol. The fraction of sp³-hybridized carbons (Fsp3) is 0.667. The number of pyridine rings is 1. The van der Waals surface area contributed by atoms with E-state index >= 15 is 0 Å². The molecule has 0 fully saturated rings. The van der Waals surface area contributed by atoms with Gasteiger partial charge in [0.2, 0.25) is 0 Å². The molecule has 4 heteroatoms. The Balaban J connectivity index is 2.41. The van der Waals surface area contributed by atoms with Gasteiger partial charge in [-0.05, 0) is 58.1 Å². The first-order valence-corrected chi connectivity index (χ1v) is 8.29. The quantitative estimate of drug-likeness (QED) is 0.770. The highest BCUT2D eigenvalue weighted by atomic mass is 16.6. The lowest BCUT2D eigenvalue weighted by Crippen LogP contribution is -2.39. The van der Waals surface area contributed by atoms with Crippen molar-refractivity contribution >= 4 is 6.09 Å². The van der Waals surface area contributed by atoms with E-state index in [9.17, 15) is 4.79 Å². The van der Waals surface area contributed by atoms with Gasteiger partial charge in [-0.3, -0.25) is 4.98 Å². The molecule has 0 saturated heterocycles. The van der Waals surface area contributed by atoms with Gasteiger partial charge >= 0.3 is 6.09 Å². The summed E-state index contributed by atoms with van der Waals surface area (Å²) >= 11 is 0. The summed E-state index contributed by atoms with van der Waals surface area (Å²) in [5.41, 5.74) is 0.795. The number of carbonyl (C=O) groups is 1. The molecule has 0 aromatic carbocycles. The molecule has 0 aliphatic rings. The van der Waals surface area contributed by atoms with Crippen molar-refractivity contribution in [3.05, 3.63) is 30.1 Å². The second-order valence-electron chi connectivity index (χ2n) is 6.74. The van der Waals surface area contributed by atoms with E-state index < -0.39 is 5.60 Å². The molecular formula is C18H30N2O2. The van der Waals surface area contributed by atoms with Crippen molar-refractivity contribution in [2.45, 2.75) is 77.9 Å². The Morgan fingerprint density at radius 2 is 2.05 bits per heavy atom. The molecule has 1 rings (SSSR count). The van der Waals surface area contributed by atoms with E-state index in [2.05, 4.69) is 23.3 Å². The molecule has 1 aromatic rings. The van der Waals surface area contributed by atoms with Crippen LogP contribution in [0.3, 0.4) is 0 Å². The number of hydrogen-bond acceptors (Lipinski definition) is 3. The number of carbonyl (C=O) groups excluding carboxylic acids is 1. The van der Waals surface area contributed by atoms with E-state index in [0.717, 1.165) is 38.5 Å². The molecule has 1 heterocycles. The van der Waals surface area contributed by atoms with Gasteiger partial charge in [-0.2, -0.15) is 0 Å². The minimum atomic E-state index is -0.449. The molecule has 0 unspecified atom stereocenters. The Labute approximate surface area is 134 Å². The van der Waals surface area contributed by atoms with Crippen LogP contribution < -0.4 is 5.32 Å². The van der Waals surface area contributed by atoms with E-state index in [0.29, 0.717) is 0 Å². The van der Waals surface area contributed by atoms with Crippen molar-refractivity contribution in [3.8, 4) is 0 Å². The van der Waals surface area contributed by atoms with Crippen molar-refractivity contribution in [2.24, 2.45) is 0 Å². The molecule has 0 saturated carbocycles. The number of alkyl carbamates (subject to hydrolysis) is 1. The highest BCUT2D eigenvalue weighted by Crippen LogP contribution is 2.12. The summed E-state index contributed by atoms with van der Waals surface area (Å²) in [6.45, 7) is 7.82. The predicted molar refractivity (Wildman–Crippen MR) is 89.9 cm³/mol. The highest BCUT2D eigenvalue weighted by molar-refractivity contribution is 5.68. The first-order valence-electron chi connectivity index (χ1n) is 8.29. The molecule has 0 spiro atoms. The summed E-state index contributed by atoms with van der Waals surface area (Å²) in [4.78, 5) is 16.1. The largest absolute Gasteiger partial charge is 0.444 e. The summed E-state index contributed by atoms with van der Waals surface area (Å²) in [7, 11) is 0. The van der Waals surface area contributed by atoms with Gasteiger partial charge in [0.05, 0.1) is 0 Å². The van der Waals surface area contributed by atoms with Crippen LogP contribution in [0.25, 0.3) is 0 Å². The maximum absolute atomic E-state index is 11.9. The number of rotatable bonds is 8. The molecule has 124 valence electrons. The van der Waals surface area contributed by atoms with Gasteiger partial charge in [-0.1, -0.05) is 25.8 Å². The van der Waals surface area contributed by atoms with Crippen LogP contribution in [-0.4, -0.2) is 22.7 Å². The molecule has 0 bridgehead atoms. The third-order valence-corrected chi connectivity index (χ3v) is 3.37. The summed E-state index contributed by atoms with van der Waals surface area (Å²) < 4.78 is 5.35. The summed E-state index contributed by atoms with van der Waals surface area (Å²) in [6, 6.07) is 4.24. The average molecular weight is 306 g/mol. The molecule has 0 radical (unpaired) electrons. The number of aromatic nitrogens is 1. The fourth-order valence-electron chi connectivity index (χ4n) is 2.31. The normalized spacial score (nSPS) is 12.7. The van der Waals surface area contributed by atoms with Gasteiger partial charge in [0, 0.05) is 18.4 Å². The summed E-state index contributed by atoms with van der Waals surface area (Å²) in [6.07, 6.45) is 9.64. The van der Waals surface area contributed by atoms with Crippen LogP contribution in [0.2, 0.25) is 0 Å². The maximum atomic E-state index is 11.9. The number of ether oxygens (including phenoxy) is 1. The number of nitrogens with zero attached hydrogens (tertiary/aromatic N) is 1. The molecule has 1 atom stereocenters. The van der Waals surface area contributed by atoms with Crippen molar-refractivity contribution in [3.63, 3.8) is 0 Å². The maximum Gasteiger partial charge on any atom is 0.407 e. The van der Waals surface area contributed by atoms with Crippen LogP contribution in [0.4, 0.5) is 4.79 Å². The fourth-order valence-corrected chi connectivity index (χ4v) is 2.31. The minimum Gasteiger partial charge on any atom is -0.444 e. The zero-order valence-electron chi connectivity index (χ0n) is 14.4. The smallest absolute Gasteiger partial charge is 0.407 e. The number of amides is 1. The van der Waals surface area contributed by atoms with Crippen molar-refractivity contribution in [2.75, 3.05) is 0 Å². The lowest BCUT2D eigenvalue weighted by molar-refractivity contribution is 0.0498. The first kappa shape index (κ1) is 18.5. The van der Waals surface area contributed by atoms with Gasteiger partial charge in [0.25, 0.3) is 0 Å². The number of hydrogen-bond donors (Lipinski definition) is 1. The Bertz CT molecular complexity index is 426. The van der Waals surface area contributed by atoms with Gasteiger partial charge in [-0.25, -0.2) is 4.79 Å². The molecule has 1 N–H and O–H groups in total. The van der Waals surface area contributed by atoms with Crippen LogP contribution in [0.1, 0.15) is 65.4 Å². The molecule has 1 amide bonds. The molecule has 1 aromatic heterocycles. The molecule has 22 heavy (non-hydrogen) atoms. The first-order chi connectivity index (χ1) is 10.4. The Hall–Kier alpha value is -1.58. The standard InChI is InChI=1S/C18H30N2O2/c1-5-6-11-16(20-17(21)22-18(2,3)4)12-7-9-15-10-8-13-19-14-15/h8,10,13-14,16H,5-7,9,11-12H2,1-4H3,(H,20,21)/t16-/m1/s1. The summed E-state index contributed by atoms with van der Waals surface area (Å²) in [5.74, 6) is 0. The van der Waals surface area contributed by atoms with Gasteiger partial charge in [-0.15, -0.1) is 0 Å². The second-order valence-corrected chi connectivity index (χ2v) is 6.74. The minimum absolute atomic E-state index is 0.187. The predicted octanol–water partition coefficient (Wildman–Crippen LogP) is 4.49. The van der Waals surface area contributed by atoms with Gasteiger partial charge in [0.15, 0.2) is 0 Å². The van der Waals surface area contributed by atoms with Crippen LogP contribution in [-0.2, 0) is 11.2 Å². The van der Waals surface area contributed by atoms with Gasteiger partial charge in [0.1, 0.15) is 5.60 Å². The monoisotopic (exact) mass is 306 g/mol. The van der Waals surface area contributed by atoms with Crippen molar-refractivity contribution in [1.82, 2.24) is 10.3 Å². The Morgan fingerprint density at radius 3 is 2.64 bits per heavy atom. The molecule has 0 aliphatic heterocycles. The molecule has 4 nitrogen and oxygen atoms in total. The highest BCUT2D eigenvalue weighted by Gasteiger charge is 2.19. The Kier molecular flexibility index (Phi) is 7.92. The summed E-state index contributed by atoms with van der Waals surface area (Å²) in [5, 5.41) is 3.02. The lowest BCUT2D eigenvalue weighted by Gasteiger charge is -2.23. The van der Waals surface area contributed by atoms with Gasteiger partial charge < -0.3 is 10.1 Å². The van der Waals surface area contributed by atoms with E-state index in [1.165, 1.54) is 5.56 Å². The second kappa shape index (κ2) is 9.44. The zero-order chi connectivity index (χ0) is 16.4.